The van der Waals surface area contributed by atoms with Crippen LogP contribution in [0.2, 0.25) is 0 Å². The van der Waals surface area contributed by atoms with Crippen LogP contribution in [0.4, 0.5) is 5.69 Å². The average Bonchev–Trinajstić information content (AvgIpc) is 2.75. The Morgan fingerprint density at radius 3 is 2.68 bits per heavy atom. The second-order valence-electron chi connectivity index (χ2n) is 4.96. The monoisotopic (exact) mass is 262 g/mol. The van der Waals surface area contributed by atoms with Gasteiger partial charge in [-0.15, -0.1) is 0 Å². The van der Waals surface area contributed by atoms with Gasteiger partial charge in [-0.2, -0.15) is 0 Å². The van der Waals surface area contributed by atoms with Crippen LogP contribution in [0.15, 0.2) is 18.2 Å². The smallest absolute Gasteiger partial charge is 0.335 e. The number of rotatable bonds is 3. The van der Waals surface area contributed by atoms with Gasteiger partial charge in [0.2, 0.25) is 5.91 Å². The van der Waals surface area contributed by atoms with Crippen molar-refractivity contribution in [3.8, 4) is 0 Å². The lowest BCUT2D eigenvalue weighted by molar-refractivity contribution is -0.120. The predicted octanol–water partition coefficient (Wildman–Crippen LogP) is 1.63. The average molecular weight is 262 g/mol. The molecule has 1 saturated heterocycles. The van der Waals surface area contributed by atoms with Crippen molar-refractivity contribution in [2.45, 2.75) is 26.3 Å². The van der Waals surface area contributed by atoms with E-state index in [0.717, 1.165) is 13.0 Å². The van der Waals surface area contributed by atoms with E-state index >= 15 is 0 Å². The number of amides is 1. The van der Waals surface area contributed by atoms with Crippen molar-refractivity contribution in [1.82, 2.24) is 5.32 Å². The van der Waals surface area contributed by atoms with E-state index in [0.29, 0.717) is 11.3 Å². The fraction of sp³-hybridized carbons (Fsp3) is 0.429. The third-order valence-corrected chi connectivity index (χ3v) is 3.59. The van der Waals surface area contributed by atoms with E-state index in [1.807, 2.05) is 6.92 Å². The fourth-order valence-corrected chi connectivity index (χ4v) is 2.43. The van der Waals surface area contributed by atoms with Crippen molar-refractivity contribution < 1.29 is 14.7 Å². The molecule has 1 aromatic rings. The molecule has 0 radical (unpaired) electrons. The van der Waals surface area contributed by atoms with E-state index in [9.17, 15) is 9.59 Å². The summed E-state index contributed by atoms with van der Waals surface area (Å²) in [6, 6.07) is 5.01. The summed E-state index contributed by atoms with van der Waals surface area (Å²) in [5.41, 5.74) is 1.54. The molecular formula is C14H18N2O3. The minimum absolute atomic E-state index is 0.0139. The largest absolute Gasteiger partial charge is 0.478 e. The van der Waals surface area contributed by atoms with Crippen LogP contribution in [-0.2, 0) is 4.79 Å². The van der Waals surface area contributed by atoms with E-state index < -0.39 is 5.97 Å². The van der Waals surface area contributed by atoms with E-state index in [2.05, 4.69) is 10.6 Å². The first-order chi connectivity index (χ1) is 8.99. The maximum Gasteiger partial charge on any atom is 0.335 e. The number of benzene rings is 1. The summed E-state index contributed by atoms with van der Waals surface area (Å²) in [4.78, 5) is 23.0. The third kappa shape index (κ3) is 2.93. The Morgan fingerprint density at radius 2 is 2.16 bits per heavy atom. The quantitative estimate of drug-likeness (QED) is 0.773. The van der Waals surface area contributed by atoms with Crippen molar-refractivity contribution in [2.75, 3.05) is 11.9 Å². The number of carbonyl (C=O) groups is 2. The van der Waals surface area contributed by atoms with Gasteiger partial charge in [-0.25, -0.2) is 4.79 Å². The second-order valence-corrected chi connectivity index (χ2v) is 4.96. The second kappa shape index (κ2) is 5.40. The number of hydrogen-bond donors (Lipinski definition) is 3. The lowest BCUT2D eigenvalue weighted by Crippen LogP contribution is -2.32. The van der Waals surface area contributed by atoms with Crippen LogP contribution in [0.1, 0.15) is 29.3 Å². The Bertz CT molecular complexity index is 513. The minimum Gasteiger partial charge on any atom is -0.478 e. The Morgan fingerprint density at radius 1 is 1.42 bits per heavy atom. The topological polar surface area (TPSA) is 78.4 Å². The first-order valence-electron chi connectivity index (χ1n) is 6.37. The molecule has 1 fully saturated rings. The lowest BCUT2D eigenvalue weighted by Gasteiger charge is -2.15. The molecule has 0 aliphatic carbocycles. The van der Waals surface area contributed by atoms with Crippen LogP contribution in [0, 0.1) is 12.8 Å². The molecule has 1 amide bonds. The van der Waals surface area contributed by atoms with Crippen molar-refractivity contribution in [3.05, 3.63) is 29.3 Å². The van der Waals surface area contributed by atoms with Gasteiger partial charge in [-0.3, -0.25) is 4.79 Å². The van der Waals surface area contributed by atoms with Gasteiger partial charge in [0.05, 0.1) is 11.5 Å². The first kappa shape index (κ1) is 13.5. The number of hydrogen-bond acceptors (Lipinski definition) is 3. The van der Waals surface area contributed by atoms with E-state index in [4.69, 9.17) is 5.11 Å². The van der Waals surface area contributed by atoms with Gasteiger partial charge >= 0.3 is 5.97 Å². The molecule has 5 heteroatoms. The molecule has 1 aromatic carbocycles. The molecule has 1 aliphatic rings. The fourth-order valence-electron chi connectivity index (χ4n) is 2.43. The molecule has 5 nitrogen and oxygen atoms in total. The summed E-state index contributed by atoms with van der Waals surface area (Å²) < 4.78 is 0. The highest BCUT2D eigenvalue weighted by Crippen LogP contribution is 2.20. The Kier molecular flexibility index (Phi) is 3.85. The van der Waals surface area contributed by atoms with E-state index in [1.54, 1.807) is 19.1 Å². The summed E-state index contributed by atoms with van der Waals surface area (Å²) in [7, 11) is 0. The highest BCUT2D eigenvalue weighted by molar-refractivity contribution is 5.95. The zero-order valence-electron chi connectivity index (χ0n) is 11.1. The SMILES string of the molecule is Cc1cc(NC(=O)C2CCNC2C)ccc1C(=O)O. The van der Waals surface area contributed by atoms with Gasteiger partial charge in [0.15, 0.2) is 0 Å². The van der Waals surface area contributed by atoms with E-state index in [-0.39, 0.29) is 23.4 Å². The summed E-state index contributed by atoms with van der Waals surface area (Å²) in [6.45, 7) is 4.57. The molecule has 0 spiro atoms. The minimum atomic E-state index is -0.955. The molecule has 0 bridgehead atoms. The molecule has 2 atom stereocenters. The third-order valence-electron chi connectivity index (χ3n) is 3.59. The molecule has 19 heavy (non-hydrogen) atoms. The van der Waals surface area contributed by atoms with Gasteiger partial charge in [0.25, 0.3) is 0 Å². The van der Waals surface area contributed by atoms with Crippen LogP contribution in [0.5, 0.6) is 0 Å². The van der Waals surface area contributed by atoms with Gasteiger partial charge < -0.3 is 15.7 Å². The molecular weight excluding hydrogens is 244 g/mol. The Balaban J connectivity index is 2.09. The number of aromatic carboxylic acids is 1. The molecule has 1 aliphatic heterocycles. The van der Waals surface area contributed by atoms with Gasteiger partial charge in [0.1, 0.15) is 0 Å². The molecule has 1 heterocycles. The van der Waals surface area contributed by atoms with Gasteiger partial charge in [-0.1, -0.05) is 0 Å². The molecule has 0 saturated carbocycles. The number of carbonyl (C=O) groups excluding carboxylic acids is 1. The highest BCUT2D eigenvalue weighted by Gasteiger charge is 2.29. The maximum atomic E-state index is 12.1. The van der Waals surface area contributed by atoms with Crippen LogP contribution in [-0.4, -0.2) is 29.6 Å². The summed E-state index contributed by atoms with van der Waals surface area (Å²) in [5.74, 6) is -0.997. The van der Waals surface area contributed by atoms with Crippen molar-refractivity contribution in [2.24, 2.45) is 5.92 Å². The number of carboxylic acid groups (broad SMARTS) is 1. The summed E-state index contributed by atoms with van der Waals surface area (Å²) >= 11 is 0. The molecule has 0 aromatic heterocycles. The molecule has 102 valence electrons. The predicted molar refractivity (Wildman–Crippen MR) is 72.3 cm³/mol. The van der Waals surface area contributed by atoms with Crippen LogP contribution >= 0.6 is 0 Å². The summed E-state index contributed by atoms with van der Waals surface area (Å²) in [5, 5.41) is 15.0. The Labute approximate surface area is 112 Å². The van der Waals surface area contributed by atoms with Crippen molar-refractivity contribution >= 4 is 17.6 Å². The normalized spacial score (nSPS) is 22.2. The maximum absolute atomic E-state index is 12.1. The molecule has 2 rings (SSSR count). The molecule has 3 N–H and O–H groups in total. The zero-order valence-corrected chi connectivity index (χ0v) is 11.1. The van der Waals surface area contributed by atoms with E-state index in [1.165, 1.54) is 6.07 Å². The molecule has 2 unspecified atom stereocenters. The Hall–Kier alpha value is -1.88. The van der Waals surface area contributed by atoms with Gasteiger partial charge in [-0.05, 0) is 50.6 Å². The van der Waals surface area contributed by atoms with Crippen LogP contribution in [0.3, 0.4) is 0 Å². The van der Waals surface area contributed by atoms with Crippen molar-refractivity contribution in [1.29, 1.82) is 0 Å². The van der Waals surface area contributed by atoms with Gasteiger partial charge in [0, 0.05) is 11.7 Å². The number of nitrogens with one attached hydrogen (secondary N) is 2. The number of aryl methyl sites for hydroxylation is 1. The van der Waals surface area contributed by atoms with Crippen molar-refractivity contribution in [3.63, 3.8) is 0 Å². The standard InChI is InChI=1S/C14H18N2O3/c1-8-7-10(3-4-11(8)14(18)19)16-13(17)12-5-6-15-9(12)2/h3-4,7,9,12,15H,5-6H2,1-2H3,(H,16,17)(H,18,19). The highest BCUT2D eigenvalue weighted by atomic mass is 16.4. The zero-order chi connectivity index (χ0) is 14.0. The van der Waals surface area contributed by atoms with Crippen LogP contribution < -0.4 is 10.6 Å². The van der Waals surface area contributed by atoms with Crippen LogP contribution in [0.25, 0.3) is 0 Å². The lowest BCUT2D eigenvalue weighted by atomic mass is 10.0. The number of anilines is 1. The number of carboxylic acids is 1. The first-order valence-corrected chi connectivity index (χ1v) is 6.37. The summed E-state index contributed by atoms with van der Waals surface area (Å²) in [6.07, 6.45) is 0.833.